The second-order valence-electron chi connectivity index (χ2n) is 8.72. The predicted molar refractivity (Wildman–Crippen MR) is 141 cm³/mol. The fourth-order valence-corrected chi connectivity index (χ4v) is 5.73. The maximum Gasteiger partial charge on any atom is 0.276 e. The fourth-order valence-electron chi connectivity index (χ4n) is 3.87. The molecule has 3 unspecified atom stereocenters. The quantitative estimate of drug-likeness (QED) is 0.0896. The van der Waals surface area contributed by atoms with E-state index in [4.69, 9.17) is 16.3 Å². The highest BCUT2D eigenvalue weighted by Gasteiger charge is 2.53. The molecule has 1 saturated heterocycles. The number of nitrogen functional groups attached to an aromatic ring is 1. The number of hydrogen-bond acceptors (Lipinski definition) is 11. The lowest BCUT2D eigenvalue weighted by Crippen LogP contribution is -2.71. The van der Waals surface area contributed by atoms with Crippen molar-refractivity contribution in [3.05, 3.63) is 46.6 Å². The van der Waals surface area contributed by atoms with E-state index < -0.39 is 35.1 Å². The summed E-state index contributed by atoms with van der Waals surface area (Å²) in [5.41, 5.74) is 11.0. The molecule has 0 bridgehead atoms. The van der Waals surface area contributed by atoms with Crippen molar-refractivity contribution >= 4 is 57.6 Å². The molecule has 5 N–H and O–H groups in total. The van der Waals surface area contributed by atoms with Gasteiger partial charge in [-0.25, -0.2) is 4.98 Å². The molecule has 3 atom stereocenters. The number of nitrogens with one attached hydrogen (secondary N) is 1. The summed E-state index contributed by atoms with van der Waals surface area (Å²) >= 11 is 2.43. The van der Waals surface area contributed by atoms with Gasteiger partial charge in [0.25, 0.3) is 11.8 Å². The summed E-state index contributed by atoms with van der Waals surface area (Å²) in [6.07, 6.45) is 6.52. The molecule has 3 heterocycles. The zero-order chi connectivity index (χ0) is 28.0. The van der Waals surface area contributed by atoms with Crippen LogP contribution >= 0.6 is 23.1 Å². The molecule has 2 aliphatic heterocycles. The van der Waals surface area contributed by atoms with Crippen LogP contribution in [0.25, 0.3) is 0 Å². The number of oxime groups is 1. The van der Waals surface area contributed by atoms with Gasteiger partial charge in [0.15, 0.2) is 10.8 Å². The number of amides is 3. The van der Waals surface area contributed by atoms with Gasteiger partial charge in [0.1, 0.15) is 24.2 Å². The van der Waals surface area contributed by atoms with E-state index >= 15 is 0 Å². The third-order valence-corrected chi connectivity index (χ3v) is 8.07. The highest BCUT2D eigenvalue weighted by Crippen LogP contribution is 2.40. The van der Waals surface area contributed by atoms with Crippen LogP contribution in [0.15, 0.2) is 46.1 Å². The van der Waals surface area contributed by atoms with Gasteiger partial charge in [-0.05, 0) is 24.6 Å². The van der Waals surface area contributed by atoms with Crippen LogP contribution in [-0.4, -0.2) is 94.7 Å². The van der Waals surface area contributed by atoms with Crippen molar-refractivity contribution in [1.82, 2.24) is 15.2 Å². The summed E-state index contributed by atoms with van der Waals surface area (Å²) in [5, 5.41) is 19.5. The number of aliphatic carboxylic acids is 1. The van der Waals surface area contributed by atoms with Gasteiger partial charge >= 0.3 is 0 Å². The normalized spacial score (nSPS) is 21.3. The lowest BCUT2D eigenvalue weighted by molar-refractivity contribution is -0.896. The number of carboxylic acid groups (broad SMARTS) is 1. The van der Waals surface area contributed by atoms with E-state index in [2.05, 4.69) is 15.5 Å². The Bertz CT molecular complexity index is 1240. The van der Waals surface area contributed by atoms with Crippen LogP contribution in [0.4, 0.5) is 5.13 Å². The number of allylic oxidation sites excluding steroid dienone is 1. The van der Waals surface area contributed by atoms with Crippen molar-refractivity contribution in [2.24, 2.45) is 10.9 Å². The number of likely N-dealkylation sites (N-methyl/N-ethyl adjacent to an activating group) is 1. The number of thioether (sulfide) groups is 1. The molecular formula is C23H29N7O6S2. The van der Waals surface area contributed by atoms with Crippen molar-refractivity contribution in [2.75, 3.05) is 45.3 Å². The van der Waals surface area contributed by atoms with Crippen LogP contribution in [-0.2, 0) is 24.0 Å². The Labute approximate surface area is 227 Å². The number of carbonyl (C=O) groups is 4. The molecule has 38 heavy (non-hydrogen) atoms. The van der Waals surface area contributed by atoms with Crippen molar-refractivity contribution in [2.45, 2.75) is 18.3 Å². The molecule has 1 fully saturated rings. The van der Waals surface area contributed by atoms with Gasteiger partial charge in [0, 0.05) is 17.2 Å². The number of anilines is 1. The van der Waals surface area contributed by atoms with Crippen molar-refractivity contribution in [3.8, 4) is 0 Å². The summed E-state index contributed by atoms with van der Waals surface area (Å²) in [5.74, 6) is -3.00. The largest absolute Gasteiger partial charge is 0.543 e. The molecule has 3 rings (SSSR count). The Morgan fingerprint density at radius 3 is 2.66 bits per heavy atom. The molecule has 1 aromatic heterocycles. The number of thiazole rings is 1. The van der Waals surface area contributed by atoms with Crippen molar-refractivity contribution < 1.29 is 33.6 Å². The zero-order valence-corrected chi connectivity index (χ0v) is 22.7. The molecular weight excluding hydrogens is 534 g/mol. The number of carbonyl (C=O) groups excluding carboxylic acids is 4. The van der Waals surface area contributed by atoms with Crippen LogP contribution in [0.1, 0.15) is 12.6 Å². The number of β-lactam (4-membered cyclic amide) rings is 1. The number of carboxylic acids is 1. The number of fused-ring (bicyclic) bond motifs is 1. The molecule has 1 aromatic rings. The van der Waals surface area contributed by atoms with E-state index in [1.54, 1.807) is 12.2 Å². The van der Waals surface area contributed by atoms with E-state index in [9.17, 15) is 24.3 Å². The molecule has 204 valence electrons. The third kappa shape index (κ3) is 6.41. The average molecular weight is 564 g/mol. The van der Waals surface area contributed by atoms with Crippen molar-refractivity contribution in [1.29, 1.82) is 0 Å². The standard InChI is InChI=1S/C23H29N7O6S2/c1-4-30(2,10-6-8-15(24)31)9-5-7-13-11-37-21-17(20(33)29(21)18(13)22(34)35)27-19(32)16(28-36-3)14-12-38-23(25)26-14/h5-8,12,17,21H,4,9-11H2,1-3H3,(H5-,24,25,26,27,31,32,34,35)/b7-5+,8-6+,28-16-. The van der Waals surface area contributed by atoms with E-state index in [0.29, 0.717) is 28.9 Å². The summed E-state index contributed by atoms with van der Waals surface area (Å²) in [4.78, 5) is 58.7. The van der Waals surface area contributed by atoms with E-state index in [1.165, 1.54) is 30.3 Å². The second-order valence-corrected chi connectivity index (χ2v) is 10.7. The Morgan fingerprint density at radius 2 is 2.08 bits per heavy atom. The first-order valence-corrected chi connectivity index (χ1v) is 13.4. The highest BCUT2D eigenvalue weighted by atomic mass is 32.2. The minimum atomic E-state index is -1.48. The first kappa shape index (κ1) is 28.9. The minimum Gasteiger partial charge on any atom is -0.543 e. The Balaban J connectivity index is 1.74. The van der Waals surface area contributed by atoms with Gasteiger partial charge in [-0.1, -0.05) is 11.2 Å². The van der Waals surface area contributed by atoms with Gasteiger partial charge < -0.3 is 36.0 Å². The van der Waals surface area contributed by atoms with Crippen LogP contribution in [0.5, 0.6) is 0 Å². The molecule has 0 radical (unpaired) electrons. The number of nitrogens with two attached hydrogens (primary N) is 2. The Morgan fingerprint density at radius 1 is 1.37 bits per heavy atom. The Kier molecular flexibility index (Phi) is 9.30. The monoisotopic (exact) mass is 563 g/mol. The number of quaternary nitrogens is 1. The third-order valence-electron chi connectivity index (χ3n) is 6.10. The number of nitrogens with zero attached hydrogens (tertiary/aromatic N) is 4. The topological polar surface area (TPSA) is 193 Å². The van der Waals surface area contributed by atoms with Crippen molar-refractivity contribution in [3.63, 3.8) is 0 Å². The first-order valence-electron chi connectivity index (χ1n) is 11.5. The van der Waals surface area contributed by atoms with Gasteiger partial charge in [0.2, 0.25) is 5.91 Å². The summed E-state index contributed by atoms with van der Waals surface area (Å²) in [7, 11) is 3.25. The fraction of sp³-hybridized carbons (Fsp3) is 0.391. The maximum absolute atomic E-state index is 13.0. The smallest absolute Gasteiger partial charge is 0.276 e. The maximum atomic E-state index is 13.0. The average Bonchev–Trinajstić information content (AvgIpc) is 3.30. The highest BCUT2D eigenvalue weighted by molar-refractivity contribution is 8.00. The molecule has 15 heteroatoms. The molecule has 3 amide bonds. The van der Waals surface area contributed by atoms with Crippen LogP contribution < -0.4 is 21.9 Å². The number of hydrogen-bond donors (Lipinski definition) is 3. The molecule has 2 aliphatic rings. The second kappa shape index (κ2) is 12.2. The molecule has 0 saturated carbocycles. The van der Waals surface area contributed by atoms with Crippen LogP contribution in [0.2, 0.25) is 0 Å². The molecule has 0 aromatic carbocycles. The van der Waals surface area contributed by atoms with E-state index in [0.717, 1.165) is 22.8 Å². The van der Waals surface area contributed by atoms with Gasteiger partial charge in [-0.2, -0.15) is 0 Å². The number of rotatable bonds is 12. The van der Waals surface area contributed by atoms with E-state index in [-0.39, 0.29) is 22.2 Å². The lowest BCUT2D eigenvalue weighted by atomic mass is 10.0. The first-order chi connectivity index (χ1) is 18.0. The van der Waals surface area contributed by atoms with Crippen LogP contribution in [0.3, 0.4) is 0 Å². The lowest BCUT2D eigenvalue weighted by Gasteiger charge is -2.50. The number of primary amides is 1. The number of aromatic nitrogens is 1. The summed E-state index contributed by atoms with van der Waals surface area (Å²) in [6.45, 7) is 3.86. The zero-order valence-electron chi connectivity index (χ0n) is 21.1. The molecule has 13 nitrogen and oxygen atoms in total. The van der Waals surface area contributed by atoms with E-state index in [1.807, 2.05) is 20.0 Å². The molecule has 0 aliphatic carbocycles. The predicted octanol–water partition coefficient (Wildman–Crippen LogP) is -1.46. The summed E-state index contributed by atoms with van der Waals surface area (Å²) in [6, 6.07) is -0.970. The van der Waals surface area contributed by atoms with Gasteiger partial charge in [-0.3, -0.25) is 19.3 Å². The Hall–Kier alpha value is -3.69. The van der Waals surface area contributed by atoms with Gasteiger partial charge in [0.05, 0.1) is 38.3 Å². The van der Waals surface area contributed by atoms with Crippen LogP contribution in [0, 0.1) is 0 Å². The summed E-state index contributed by atoms with van der Waals surface area (Å²) < 4.78 is 0.552. The minimum absolute atomic E-state index is 0.158. The molecule has 0 spiro atoms. The van der Waals surface area contributed by atoms with Gasteiger partial charge in [-0.15, -0.1) is 23.1 Å². The SMILES string of the molecule is CC[N+](C)(C/C=C/C(N)=O)C/C=C/C1=C(C(=O)[O-])N2C(=O)C(NC(=O)/C(=N\OC)c3csc(N)n3)C2SC1.